The highest BCUT2D eigenvalue weighted by Gasteiger charge is 2.14. The molecule has 0 aromatic heterocycles. The zero-order valence-corrected chi connectivity index (χ0v) is 20.7. The van der Waals surface area contributed by atoms with Crippen molar-refractivity contribution in [2.24, 2.45) is 0 Å². The van der Waals surface area contributed by atoms with Gasteiger partial charge in [0.05, 0.1) is 0 Å². The molecule has 0 atom stereocenters. The molecule has 4 rings (SSSR count). The van der Waals surface area contributed by atoms with Gasteiger partial charge in [-0.05, 0) is 68.5 Å². The Balaban J connectivity index is 1.43. The molecule has 0 aliphatic heterocycles. The highest BCUT2D eigenvalue weighted by Crippen LogP contribution is 2.29. The quantitative estimate of drug-likeness (QED) is 0.338. The van der Waals surface area contributed by atoms with Crippen LogP contribution in [0.25, 0.3) is 22.3 Å². The van der Waals surface area contributed by atoms with Gasteiger partial charge in [-0.1, -0.05) is 114 Å². The Morgan fingerprint density at radius 1 is 0.364 bits per heavy atom. The van der Waals surface area contributed by atoms with Crippen molar-refractivity contribution in [3.05, 3.63) is 108 Å². The van der Waals surface area contributed by atoms with Crippen LogP contribution in [0.15, 0.2) is 97.1 Å². The maximum Gasteiger partial charge on any atom is 0.0384 e. The molecule has 0 spiro atoms. The molecule has 0 amide bonds. The van der Waals surface area contributed by atoms with Crippen LogP contribution in [0.1, 0.15) is 52.7 Å². The van der Waals surface area contributed by atoms with Gasteiger partial charge in [0, 0.05) is 11.4 Å². The van der Waals surface area contributed by atoms with Crippen LogP contribution in [0, 0.1) is 0 Å². The third kappa shape index (κ3) is 5.54. The minimum absolute atomic E-state index is 0.178. The average Bonchev–Trinajstić information content (AvgIpc) is 2.79. The molecule has 1 N–H and O–H groups in total. The van der Waals surface area contributed by atoms with E-state index in [2.05, 4.69) is 144 Å². The fourth-order valence-corrected chi connectivity index (χ4v) is 3.98. The fourth-order valence-electron chi connectivity index (χ4n) is 3.98. The van der Waals surface area contributed by atoms with Crippen molar-refractivity contribution in [3.63, 3.8) is 0 Å². The first kappa shape index (κ1) is 22.9. The largest absolute Gasteiger partial charge is 0.356 e. The van der Waals surface area contributed by atoms with Crippen molar-refractivity contribution in [1.29, 1.82) is 0 Å². The normalized spacial score (nSPS) is 11.9. The standard InChI is InChI=1S/C32H35N/c1-31(2,3)27-15-7-23(8-16-27)25-11-19-29(20-12-25)33-30-21-13-26(14-22-30)24-9-17-28(18-10-24)32(4,5)6/h7-22,33H,1-6H3. The minimum atomic E-state index is 0.178. The molecule has 168 valence electrons. The molecule has 0 heterocycles. The van der Waals surface area contributed by atoms with Crippen molar-refractivity contribution >= 4 is 11.4 Å². The predicted octanol–water partition coefficient (Wildman–Crippen LogP) is 9.36. The summed E-state index contributed by atoms with van der Waals surface area (Å²) < 4.78 is 0. The average molecular weight is 434 g/mol. The SMILES string of the molecule is CC(C)(C)c1ccc(-c2ccc(Nc3ccc(-c4ccc(C(C)(C)C)cc4)cc3)cc2)cc1. The highest BCUT2D eigenvalue weighted by molar-refractivity contribution is 5.71. The predicted molar refractivity (Wildman–Crippen MR) is 144 cm³/mol. The Morgan fingerprint density at radius 3 is 0.848 bits per heavy atom. The molecule has 1 heteroatoms. The molecule has 0 bridgehead atoms. The van der Waals surface area contributed by atoms with E-state index in [1.165, 1.54) is 33.4 Å². The molecule has 33 heavy (non-hydrogen) atoms. The van der Waals surface area contributed by atoms with Crippen LogP contribution in [0.3, 0.4) is 0 Å². The third-order valence-electron chi connectivity index (χ3n) is 6.23. The first-order valence-corrected chi connectivity index (χ1v) is 11.8. The Bertz CT molecular complexity index is 1080. The molecule has 4 aromatic carbocycles. The first-order chi connectivity index (χ1) is 15.6. The topological polar surface area (TPSA) is 12.0 Å². The van der Waals surface area contributed by atoms with E-state index in [1.54, 1.807) is 0 Å². The van der Waals surface area contributed by atoms with E-state index < -0.39 is 0 Å². The molecule has 0 fully saturated rings. The molecule has 0 radical (unpaired) electrons. The van der Waals surface area contributed by atoms with Gasteiger partial charge in [-0.2, -0.15) is 0 Å². The third-order valence-corrected chi connectivity index (χ3v) is 6.23. The molecular weight excluding hydrogens is 398 g/mol. The van der Waals surface area contributed by atoms with Gasteiger partial charge in [0.15, 0.2) is 0 Å². The Kier molecular flexibility index (Phi) is 6.17. The van der Waals surface area contributed by atoms with E-state index in [0.717, 1.165) is 11.4 Å². The van der Waals surface area contributed by atoms with Gasteiger partial charge in [-0.25, -0.2) is 0 Å². The molecule has 0 saturated heterocycles. The Labute approximate surface area is 199 Å². The summed E-state index contributed by atoms with van der Waals surface area (Å²) in [6.07, 6.45) is 0. The molecule has 4 aromatic rings. The van der Waals surface area contributed by atoms with Gasteiger partial charge in [0.1, 0.15) is 0 Å². The maximum absolute atomic E-state index is 3.52. The second kappa shape index (κ2) is 8.90. The van der Waals surface area contributed by atoms with Gasteiger partial charge in [-0.15, -0.1) is 0 Å². The number of benzene rings is 4. The number of anilines is 2. The van der Waals surface area contributed by atoms with Crippen LogP contribution in [0.2, 0.25) is 0 Å². The van der Waals surface area contributed by atoms with Crippen LogP contribution in [-0.2, 0) is 10.8 Å². The van der Waals surface area contributed by atoms with E-state index in [9.17, 15) is 0 Å². The summed E-state index contributed by atoms with van der Waals surface area (Å²) in [5.41, 5.74) is 10.2. The smallest absolute Gasteiger partial charge is 0.0384 e. The van der Waals surface area contributed by atoms with Gasteiger partial charge in [0.25, 0.3) is 0 Å². The zero-order chi connectivity index (χ0) is 23.6. The van der Waals surface area contributed by atoms with Crippen molar-refractivity contribution in [1.82, 2.24) is 0 Å². The van der Waals surface area contributed by atoms with Crippen LogP contribution in [-0.4, -0.2) is 0 Å². The first-order valence-electron chi connectivity index (χ1n) is 11.8. The lowest BCUT2D eigenvalue weighted by Gasteiger charge is -2.19. The van der Waals surface area contributed by atoms with Crippen LogP contribution >= 0.6 is 0 Å². The van der Waals surface area contributed by atoms with Crippen LogP contribution in [0.4, 0.5) is 11.4 Å². The number of hydrogen-bond acceptors (Lipinski definition) is 1. The summed E-state index contributed by atoms with van der Waals surface area (Å²) >= 11 is 0. The molecule has 0 aliphatic carbocycles. The molecule has 0 saturated carbocycles. The minimum Gasteiger partial charge on any atom is -0.356 e. The van der Waals surface area contributed by atoms with Crippen molar-refractivity contribution in [2.45, 2.75) is 52.4 Å². The van der Waals surface area contributed by atoms with Crippen molar-refractivity contribution in [3.8, 4) is 22.3 Å². The molecule has 1 nitrogen and oxygen atoms in total. The maximum atomic E-state index is 3.52. The van der Waals surface area contributed by atoms with Gasteiger partial charge in [-0.3, -0.25) is 0 Å². The number of rotatable bonds is 4. The summed E-state index contributed by atoms with van der Waals surface area (Å²) in [5.74, 6) is 0. The Morgan fingerprint density at radius 2 is 0.606 bits per heavy atom. The lowest BCUT2D eigenvalue weighted by Crippen LogP contribution is -2.10. The van der Waals surface area contributed by atoms with Crippen molar-refractivity contribution in [2.75, 3.05) is 5.32 Å². The Hall–Kier alpha value is -3.32. The monoisotopic (exact) mass is 433 g/mol. The van der Waals surface area contributed by atoms with Gasteiger partial charge in [0.2, 0.25) is 0 Å². The van der Waals surface area contributed by atoms with Crippen molar-refractivity contribution < 1.29 is 0 Å². The second-order valence-electron chi connectivity index (χ2n) is 10.9. The summed E-state index contributed by atoms with van der Waals surface area (Å²) in [5, 5.41) is 3.52. The van der Waals surface area contributed by atoms with E-state index in [-0.39, 0.29) is 10.8 Å². The van der Waals surface area contributed by atoms with E-state index in [4.69, 9.17) is 0 Å². The van der Waals surface area contributed by atoms with Gasteiger partial charge >= 0.3 is 0 Å². The van der Waals surface area contributed by atoms with E-state index >= 15 is 0 Å². The van der Waals surface area contributed by atoms with Gasteiger partial charge < -0.3 is 5.32 Å². The summed E-state index contributed by atoms with van der Waals surface area (Å²) in [6.45, 7) is 13.5. The number of hydrogen-bond donors (Lipinski definition) is 1. The van der Waals surface area contributed by atoms with E-state index in [1.807, 2.05) is 0 Å². The zero-order valence-electron chi connectivity index (χ0n) is 20.7. The molecule has 0 aliphatic rings. The molecular formula is C32H35N. The summed E-state index contributed by atoms with van der Waals surface area (Å²) in [4.78, 5) is 0. The molecule has 0 unspecified atom stereocenters. The van der Waals surface area contributed by atoms with E-state index in [0.29, 0.717) is 0 Å². The second-order valence-corrected chi connectivity index (χ2v) is 10.9. The number of nitrogens with one attached hydrogen (secondary N) is 1. The lowest BCUT2D eigenvalue weighted by atomic mass is 9.86. The lowest BCUT2D eigenvalue weighted by molar-refractivity contribution is 0.590. The van der Waals surface area contributed by atoms with Crippen LogP contribution in [0.5, 0.6) is 0 Å². The fraction of sp³-hybridized carbons (Fsp3) is 0.250. The van der Waals surface area contributed by atoms with Crippen LogP contribution < -0.4 is 5.32 Å². The summed E-state index contributed by atoms with van der Waals surface area (Å²) in [6, 6.07) is 35.1. The highest BCUT2D eigenvalue weighted by atomic mass is 14.9. The summed E-state index contributed by atoms with van der Waals surface area (Å²) in [7, 11) is 0.